The van der Waals surface area contributed by atoms with E-state index in [0.717, 1.165) is 16.8 Å². The molecule has 0 amide bonds. The van der Waals surface area contributed by atoms with Crippen molar-refractivity contribution in [3.05, 3.63) is 41.8 Å². The first-order valence-corrected chi connectivity index (χ1v) is 7.90. The van der Waals surface area contributed by atoms with E-state index in [9.17, 15) is 13.2 Å². The van der Waals surface area contributed by atoms with Crippen molar-refractivity contribution in [1.29, 1.82) is 0 Å². The summed E-state index contributed by atoms with van der Waals surface area (Å²) in [5, 5.41) is 5.57. The van der Waals surface area contributed by atoms with Gasteiger partial charge in [-0.15, -0.1) is 24.0 Å². The van der Waals surface area contributed by atoms with Gasteiger partial charge in [-0.1, -0.05) is 17.7 Å². The molecule has 2 rings (SSSR count). The van der Waals surface area contributed by atoms with Crippen LogP contribution >= 0.6 is 24.0 Å². The molecule has 5 nitrogen and oxygen atoms in total. The minimum atomic E-state index is -4.18. The van der Waals surface area contributed by atoms with E-state index in [0.29, 0.717) is 24.8 Å². The summed E-state index contributed by atoms with van der Waals surface area (Å²) in [6, 6.07) is 7.85. The second kappa shape index (κ2) is 10.4. The van der Waals surface area contributed by atoms with E-state index in [2.05, 4.69) is 20.6 Å². The van der Waals surface area contributed by atoms with Crippen LogP contribution in [0.5, 0.6) is 0 Å². The molecule has 1 aromatic carbocycles. The maximum Gasteiger partial charge on any atom is 0.390 e. The largest absolute Gasteiger partial charge is 0.444 e. The van der Waals surface area contributed by atoms with Crippen LogP contribution in [0.4, 0.5) is 13.2 Å². The van der Waals surface area contributed by atoms with Crippen LogP contribution in [0.3, 0.4) is 0 Å². The minimum absolute atomic E-state index is 0. The second-order valence-corrected chi connectivity index (χ2v) is 5.55. The Morgan fingerprint density at radius 3 is 2.42 bits per heavy atom. The first-order chi connectivity index (χ1) is 11.9. The highest BCUT2D eigenvalue weighted by molar-refractivity contribution is 14.0. The molecule has 0 atom stereocenters. The van der Waals surface area contributed by atoms with Gasteiger partial charge in [-0.25, -0.2) is 4.98 Å². The Morgan fingerprint density at radius 1 is 1.15 bits per heavy atom. The molecule has 2 aromatic rings. The molecule has 144 valence electrons. The molecule has 2 N–H and O–H groups in total. The van der Waals surface area contributed by atoms with Crippen molar-refractivity contribution < 1.29 is 17.6 Å². The summed E-state index contributed by atoms with van der Waals surface area (Å²) in [5.41, 5.74) is 2.81. The van der Waals surface area contributed by atoms with Crippen molar-refractivity contribution in [2.75, 3.05) is 20.1 Å². The number of hydrogen-bond acceptors (Lipinski definition) is 3. The van der Waals surface area contributed by atoms with Crippen LogP contribution in [0, 0.1) is 6.92 Å². The summed E-state index contributed by atoms with van der Waals surface area (Å²) in [5.74, 6) is 0.870. The third-order valence-corrected chi connectivity index (χ3v) is 3.45. The lowest BCUT2D eigenvalue weighted by Gasteiger charge is -2.12. The van der Waals surface area contributed by atoms with Crippen LogP contribution in [0.15, 0.2) is 39.9 Å². The van der Waals surface area contributed by atoms with E-state index in [1.54, 1.807) is 6.26 Å². The Labute approximate surface area is 167 Å². The van der Waals surface area contributed by atoms with Gasteiger partial charge in [-0.3, -0.25) is 4.99 Å². The first kappa shape index (κ1) is 22.3. The predicted octanol–water partition coefficient (Wildman–Crippen LogP) is 3.93. The third-order valence-electron chi connectivity index (χ3n) is 3.45. The molecule has 9 heteroatoms. The molecule has 0 bridgehead atoms. The van der Waals surface area contributed by atoms with E-state index < -0.39 is 12.6 Å². The summed E-state index contributed by atoms with van der Waals surface area (Å²) in [7, 11) is 1.51. The summed E-state index contributed by atoms with van der Waals surface area (Å²) in [6.45, 7) is 2.27. The number of aromatic nitrogens is 1. The van der Waals surface area contributed by atoms with Crippen molar-refractivity contribution in [3.8, 4) is 11.5 Å². The fraction of sp³-hybridized carbons (Fsp3) is 0.412. The number of oxazole rings is 1. The quantitative estimate of drug-likeness (QED) is 0.372. The van der Waals surface area contributed by atoms with Gasteiger partial charge in [-0.2, -0.15) is 13.2 Å². The van der Waals surface area contributed by atoms with Gasteiger partial charge in [-0.05, 0) is 19.1 Å². The van der Waals surface area contributed by atoms with E-state index in [-0.39, 0.29) is 30.5 Å². The highest BCUT2D eigenvalue weighted by atomic mass is 127. The van der Waals surface area contributed by atoms with Crippen LogP contribution in [0.25, 0.3) is 11.5 Å². The van der Waals surface area contributed by atoms with Crippen LogP contribution in [0.2, 0.25) is 0 Å². The maximum atomic E-state index is 12.1. The first-order valence-electron chi connectivity index (χ1n) is 7.90. The lowest BCUT2D eigenvalue weighted by atomic mass is 10.1. The third kappa shape index (κ3) is 7.63. The Bertz CT molecular complexity index is 699. The number of benzene rings is 1. The molecule has 0 fully saturated rings. The van der Waals surface area contributed by atoms with Crippen molar-refractivity contribution in [1.82, 2.24) is 15.6 Å². The number of rotatable bonds is 6. The number of nitrogens with one attached hydrogen (secondary N) is 2. The van der Waals surface area contributed by atoms with Crippen LogP contribution in [-0.4, -0.2) is 37.3 Å². The number of alkyl halides is 3. The zero-order valence-corrected chi connectivity index (χ0v) is 16.9. The maximum absolute atomic E-state index is 12.1. The summed E-state index contributed by atoms with van der Waals surface area (Å²) < 4.78 is 41.9. The Hall–Kier alpha value is -1.78. The number of hydrogen-bond donors (Lipinski definition) is 2. The zero-order chi connectivity index (χ0) is 18.3. The number of nitrogens with zero attached hydrogens (tertiary/aromatic N) is 2. The Morgan fingerprint density at radius 2 is 1.81 bits per heavy atom. The molecular weight excluding hydrogens is 460 g/mol. The standard InChI is InChI=1S/C17H21F3N4O.HI/c1-12-3-5-13(6-4-12)15-24-14(11-25-15)7-9-22-16(21-2)23-10-8-17(18,19)20;/h3-6,11H,7-10H2,1-2H3,(H2,21,22,23);1H. The summed E-state index contributed by atoms with van der Waals surface area (Å²) in [6.07, 6.45) is -2.94. The van der Waals surface area contributed by atoms with Crippen molar-refractivity contribution in [2.24, 2.45) is 4.99 Å². The van der Waals surface area contributed by atoms with E-state index >= 15 is 0 Å². The lowest BCUT2D eigenvalue weighted by Crippen LogP contribution is -2.39. The van der Waals surface area contributed by atoms with Crippen LogP contribution < -0.4 is 10.6 Å². The molecule has 26 heavy (non-hydrogen) atoms. The molecule has 0 saturated heterocycles. The molecular formula is C17H22F3IN4O. The predicted molar refractivity (Wildman–Crippen MR) is 106 cm³/mol. The van der Waals surface area contributed by atoms with Crippen LogP contribution in [-0.2, 0) is 6.42 Å². The SMILES string of the molecule is CN=C(NCCc1coc(-c2ccc(C)cc2)n1)NCCC(F)(F)F.I. The topological polar surface area (TPSA) is 62.5 Å². The van der Waals surface area contributed by atoms with Gasteiger partial charge in [0.1, 0.15) is 6.26 Å². The summed E-state index contributed by atoms with van der Waals surface area (Å²) in [4.78, 5) is 8.29. The number of aryl methyl sites for hydroxylation is 1. The lowest BCUT2D eigenvalue weighted by molar-refractivity contribution is -0.132. The van der Waals surface area contributed by atoms with Crippen LogP contribution in [0.1, 0.15) is 17.7 Å². The second-order valence-electron chi connectivity index (χ2n) is 5.55. The van der Waals surface area contributed by atoms with E-state index in [4.69, 9.17) is 4.42 Å². The van der Waals surface area contributed by atoms with Crippen molar-refractivity contribution in [2.45, 2.75) is 25.9 Å². The van der Waals surface area contributed by atoms with Crippen molar-refractivity contribution in [3.63, 3.8) is 0 Å². The normalized spacial score (nSPS) is 11.8. The fourth-order valence-corrected chi connectivity index (χ4v) is 2.10. The monoisotopic (exact) mass is 482 g/mol. The average Bonchev–Trinajstić information content (AvgIpc) is 3.02. The number of aliphatic imine (C=N–C) groups is 1. The summed E-state index contributed by atoms with van der Waals surface area (Å²) >= 11 is 0. The van der Waals surface area contributed by atoms with Gasteiger partial charge >= 0.3 is 6.18 Å². The molecule has 0 spiro atoms. The molecule has 0 aliphatic carbocycles. The molecule has 0 unspecified atom stereocenters. The van der Waals surface area contributed by atoms with Gasteiger partial charge in [0.25, 0.3) is 0 Å². The van der Waals surface area contributed by atoms with Gasteiger partial charge < -0.3 is 15.1 Å². The van der Waals surface area contributed by atoms with Gasteiger partial charge in [0.15, 0.2) is 5.96 Å². The van der Waals surface area contributed by atoms with Crippen molar-refractivity contribution >= 4 is 29.9 Å². The highest BCUT2D eigenvalue weighted by Gasteiger charge is 2.26. The molecule has 1 heterocycles. The van der Waals surface area contributed by atoms with Gasteiger partial charge in [0.05, 0.1) is 12.1 Å². The van der Waals surface area contributed by atoms with E-state index in [1.165, 1.54) is 7.05 Å². The molecule has 0 saturated carbocycles. The molecule has 0 radical (unpaired) electrons. The Balaban J connectivity index is 0.00000338. The van der Waals surface area contributed by atoms with Gasteiger partial charge in [0, 0.05) is 32.1 Å². The average molecular weight is 482 g/mol. The van der Waals surface area contributed by atoms with E-state index in [1.807, 2.05) is 31.2 Å². The minimum Gasteiger partial charge on any atom is -0.444 e. The highest BCUT2D eigenvalue weighted by Crippen LogP contribution is 2.19. The number of guanidine groups is 1. The van der Waals surface area contributed by atoms with Gasteiger partial charge in [0.2, 0.25) is 5.89 Å². The Kier molecular flexibility index (Phi) is 8.89. The molecule has 0 aliphatic rings. The zero-order valence-electron chi connectivity index (χ0n) is 14.6. The fourth-order valence-electron chi connectivity index (χ4n) is 2.10. The number of halogens is 4. The molecule has 1 aromatic heterocycles. The molecule has 0 aliphatic heterocycles. The smallest absolute Gasteiger partial charge is 0.390 e.